The highest BCUT2D eigenvalue weighted by molar-refractivity contribution is 6.36. The van der Waals surface area contributed by atoms with E-state index in [1.807, 2.05) is 60.8 Å². The van der Waals surface area contributed by atoms with Crippen LogP contribution in [0.25, 0.3) is 11.0 Å². The topological polar surface area (TPSA) is 34.9 Å². The van der Waals surface area contributed by atoms with Crippen LogP contribution in [0.3, 0.4) is 0 Å². The first-order valence-corrected chi connectivity index (χ1v) is 10.4. The highest BCUT2D eigenvalue weighted by Crippen LogP contribution is 2.43. The molecule has 5 rings (SSSR count). The molecule has 3 nitrogen and oxygen atoms in total. The van der Waals surface area contributed by atoms with Crippen LogP contribution >= 0.6 is 11.6 Å². The fraction of sp³-hybridized carbons (Fsp3) is 0.0370. The molecule has 150 valence electrons. The van der Waals surface area contributed by atoms with Crippen LogP contribution in [-0.2, 0) is 5.54 Å². The van der Waals surface area contributed by atoms with Gasteiger partial charge in [0.25, 0.3) is 0 Å². The molecule has 0 saturated carbocycles. The molecule has 0 fully saturated rings. The number of aromatic nitrogens is 2. The minimum absolute atomic E-state index is 0.508. The van der Waals surface area contributed by atoms with E-state index in [2.05, 4.69) is 45.9 Å². The Hall–Kier alpha value is -3.69. The molecule has 0 aliphatic rings. The van der Waals surface area contributed by atoms with Crippen molar-refractivity contribution >= 4 is 28.9 Å². The third kappa shape index (κ3) is 2.97. The molecule has 0 aliphatic carbocycles. The van der Waals surface area contributed by atoms with Crippen LogP contribution in [0.15, 0.2) is 109 Å². The summed E-state index contributed by atoms with van der Waals surface area (Å²) in [6, 6.07) is 32.6. The number of nitrogens with zero attached hydrogens (tertiary/aromatic N) is 2. The normalized spacial score (nSPS) is 11.5. The molecule has 2 aromatic heterocycles. The van der Waals surface area contributed by atoms with Gasteiger partial charge in [0.1, 0.15) is 11.2 Å². The van der Waals surface area contributed by atoms with Gasteiger partial charge in [-0.15, -0.1) is 0 Å². The maximum absolute atomic E-state index is 12.0. The van der Waals surface area contributed by atoms with Gasteiger partial charge in [-0.3, -0.25) is 4.79 Å². The van der Waals surface area contributed by atoms with E-state index in [-0.39, 0.29) is 0 Å². The monoisotopic (exact) mass is 422 g/mol. The van der Waals surface area contributed by atoms with E-state index >= 15 is 0 Å². The molecule has 0 aliphatic heterocycles. The van der Waals surface area contributed by atoms with Gasteiger partial charge in [0.15, 0.2) is 6.29 Å². The second-order valence-electron chi connectivity index (χ2n) is 7.37. The van der Waals surface area contributed by atoms with Crippen LogP contribution in [0.1, 0.15) is 27.0 Å². The Balaban J connectivity index is 2.01. The van der Waals surface area contributed by atoms with E-state index in [4.69, 9.17) is 11.6 Å². The van der Waals surface area contributed by atoms with Gasteiger partial charge in [-0.05, 0) is 22.8 Å². The quantitative estimate of drug-likeness (QED) is 0.244. The van der Waals surface area contributed by atoms with Crippen LogP contribution in [0.5, 0.6) is 0 Å². The first-order valence-electron chi connectivity index (χ1n) is 10.0. The Labute approximate surface area is 185 Å². The van der Waals surface area contributed by atoms with Gasteiger partial charge in [0, 0.05) is 23.3 Å². The Bertz CT molecular complexity index is 1250. The summed E-state index contributed by atoms with van der Waals surface area (Å²) in [4.78, 5) is 16.7. The standard InChI is InChI=1S/C27H19ClN2O/c28-24-16-17-29-26-25(24)20(19-31)18-30(26)27(21-10-4-1-5-11-21,22-12-6-2-7-13-22)23-14-8-3-9-15-23/h1-19H. The first-order chi connectivity index (χ1) is 15.3. The minimum atomic E-state index is -0.749. The van der Waals surface area contributed by atoms with Gasteiger partial charge in [-0.25, -0.2) is 4.98 Å². The van der Waals surface area contributed by atoms with Crippen molar-refractivity contribution in [3.05, 3.63) is 137 Å². The zero-order valence-corrected chi connectivity index (χ0v) is 17.4. The molecule has 2 heterocycles. The van der Waals surface area contributed by atoms with Crippen molar-refractivity contribution in [3.63, 3.8) is 0 Å². The third-order valence-corrected chi connectivity index (χ3v) is 6.04. The Morgan fingerprint density at radius 2 is 1.23 bits per heavy atom. The molecule has 5 aromatic rings. The fourth-order valence-electron chi connectivity index (χ4n) is 4.44. The number of hydrogen-bond donors (Lipinski definition) is 0. The molecule has 0 radical (unpaired) electrons. The molecule has 0 atom stereocenters. The number of rotatable bonds is 5. The Morgan fingerprint density at radius 3 is 1.68 bits per heavy atom. The zero-order chi connectivity index (χ0) is 21.3. The number of carbonyl (C=O) groups excluding carboxylic acids is 1. The molecule has 0 unspecified atom stereocenters. The molecule has 31 heavy (non-hydrogen) atoms. The van der Waals surface area contributed by atoms with E-state index in [0.29, 0.717) is 21.6 Å². The second-order valence-corrected chi connectivity index (χ2v) is 7.78. The summed E-state index contributed by atoms with van der Waals surface area (Å²) in [5.74, 6) is 0. The molecular formula is C27H19ClN2O. The van der Waals surface area contributed by atoms with Gasteiger partial charge in [-0.2, -0.15) is 0 Å². The number of aldehydes is 1. The number of pyridine rings is 1. The van der Waals surface area contributed by atoms with Crippen LogP contribution in [0, 0.1) is 0 Å². The molecule has 0 bridgehead atoms. The van der Waals surface area contributed by atoms with Crippen LogP contribution in [0.2, 0.25) is 5.02 Å². The molecule has 0 amide bonds. The maximum Gasteiger partial charge on any atom is 0.152 e. The van der Waals surface area contributed by atoms with Crippen molar-refractivity contribution in [3.8, 4) is 0 Å². The number of carbonyl (C=O) groups is 1. The van der Waals surface area contributed by atoms with Crippen molar-refractivity contribution < 1.29 is 4.79 Å². The van der Waals surface area contributed by atoms with Gasteiger partial charge < -0.3 is 4.57 Å². The summed E-state index contributed by atoms with van der Waals surface area (Å²) >= 11 is 6.53. The largest absolute Gasteiger partial charge is 0.313 e. The van der Waals surface area contributed by atoms with Gasteiger partial charge in [0.05, 0.1) is 5.02 Å². The summed E-state index contributed by atoms with van der Waals surface area (Å²) in [6.07, 6.45) is 4.39. The summed E-state index contributed by atoms with van der Waals surface area (Å²) in [6.45, 7) is 0. The average molecular weight is 423 g/mol. The van der Waals surface area contributed by atoms with Crippen molar-refractivity contribution in [2.75, 3.05) is 0 Å². The number of benzene rings is 3. The van der Waals surface area contributed by atoms with E-state index in [9.17, 15) is 4.79 Å². The third-order valence-electron chi connectivity index (χ3n) is 5.73. The molecule has 4 heteroatoms. The fourth-order valence-corrected chi connectivity index (χ4v) is 4.69. The molecule has 0 saturated heterocycles. The van der Waals surface area contributed by atoms with E-state index in [1.54, 1.807) is 12.3 Å². The summed E-state index contributed by atoms with van der Waals surface area (Å²) in [5, 5.41) is 1.17. The van der Waals surface area contributed by atoms with Gasteiger partial charge in [0.2, 0.25) is 0 Å². The summed E-state index contributed by atoms with van der Waals surface area (Å²) in [7, 11) is 0. The first kappa shape index (κ1) is 19.3. The average Bonchev–Trinajstić information content (AvgIpc) is 3.22. The van der Waals surface area contributed by atoms with Crippen LogP contribution < -0.4 is 0 Å². The van der Waals surface area contributed by atoms with Crippen LogP contribution in [-0.4, -0.2) is 15.8 Å². The highest BCUT2D eigenvalue weighted by Gasteiger charge is 2.40. The van der Waals surface area contributed by atoms with Crippen molar-refractivity contribution in [2.45, 2.75) is 5.54 Å². The molecule has 0 spiro atoms. The Kier molecular flexibility index (Phi) is 4.89. The summed E-state index contributed by atoms with van der Waals surface area (Å²) < 4.78 is 2.08. The lowest BCUT2D eigenvalue weighted by Gasteiger charge is -2.38. The molecule has 3 aromatic carbocycles. The Morgan fingerprint density at radius 1 is 0.742 bits per heavy atom. The lowest BCUT2D eigenvalue weighted by molar-refractivity contribution is 0.112. The van der Waals surface area contributed by atoms with Crippen molar-refractivity contribution in [1.29, 1.82) is 0 Å². The number of fused-ring (bicyclic) bond motifs is 1. The predicted molar refractivity (Wildman–Crippen MR) is 125 cm³/mol. The smallest absolute Gasteiger partial charge is 0.152 e. The lowest BCUT2D eigenvalue weighted by atomic mass is 9.76. The van der Waals surface area contributed by atoms with E-state index < -0.39 is 5.54 Å². The van der Waals surface area contributed by atoms with Gasteiger partial charge in [-0.1, -0.05) is 103 Å². The second kappa shape index (κ2) is 7.86. The highest BCUT2D eigenvalue weighted by atomic mass is 35.5. The zero-order valence-electron chi connectivity index (χ0n) is 16.7. The van der Waals surface area contributed by atoms with Crippen molar-refractivity contribution in [2.24, 2.45) is 0 Å². The SMILES string of the molecule is O=Cc1cn(C(c2ccccc2)(c2ccccc2)c2ccccc2)c2nccc(Cl)c12. The number of halogens is 1. The maximum atomic E-state index is 12.0. The van der Waals surface area contributed by atoms with Crippen molar-refractivity contribution in [1.82, 2.24) is 9.55 Å². The lowest BCUT2D eigenvalue weighted by Crippen LogP contribution is -2.37. The predicted octanol–water partition coefficient (Wildman–Crippen LogP) is 6.34. The molecular weight excluding hydrogens is 404 g/mol. The summed E-state index contributed by atoms with van der Waals surface area (Å²) in [5.41, 5.74) is 3.60. The minimum Gasteiger partial charge on any atom is -0.313 e. The number of hydrogen-bond acceptors (Lipinski definition) is 2. The van der Waals surface area contributed by atoms with Gasteiger partial charge >= 0.3 is 0 Å². The van der Waals surface area contributed by atoms with Crippen LogP contribution in [0.4, 0.5) is 0 Å². The van der Waals surface area contributed by atoms with E-state index in [0.717, 1.165) is 23.0 Å². The molecule has 0 N–H and O–H groups in total. The van der Waals surface area contributed by atoms with E-state index in [1.165, 1.54) is 0 Å².